The first-order valence-electron chi connectivity index (χ1n) is 5.79. The van der Waals surface area contributed by atoms with Gasteiger partial charge in [-0.1, -0.05) is 6.58 Å². The third-order valence-corrected chi connectivity index (χ3v) is 2.82. The number of hydrogen-bond donors (Lipinski definition) is 2. The second-order valence-corrected chi connectivity index (χ2v) is 6.33. The van der Waals surface area contributed by atoms with Crippen molar-refractivity contribution < 1.29 is 27.8 Å². The van der Waals surface area contributed by atoms with Crippen LogP contribution in [-0.2, 0) is 18.4 Å². The number of carbonyl (C=O) groups is 1. The van der Waals surface area contributed by atoms with Gasteiger partial charge in [0.15, 0.2) is 0 Å². The maximum absolute atomic E-state index is 11.0. The molecule has 0 spiro atoms. The van der Waals surface area contributed by atoms with E-state index < -0.39 is 13.7 Å². The summed E-state index contributed by atoms with van der Waals surface area (Å²) >= 11 is 0. The predicted octanol–water partition coefficient (Wildman–Crippen LogP) is 0.894. The van der Waals surface area contributed by atoms with Crippen LogP contribution in [0, 0.1) is 0 Å². The van der Waals surface area contributed by atoms with E-state index in [4.69, 9.17) is 15.2 Å². The molecule has 0 aromatic rings. The summed E-state index contributed by atoms with van der Waals surface area (Å²) in [5.74, 6) is -0.435. The van der Waals surface area contributed by atoms with Crippen LogP contribution in [-0.4, -0.2) is 56.2 Å². The number of carbonyl (C=O) groups excluding carboxylic acids is 1. The van der Waals surface area contributed by atoms with E-state index in [0.717, 1.165) is 0 Å². The molecule has 0 aromatic carbocycles. The summed E-state index contributed by atoms with van der Waals surface area (Å²) in [7, 11) is 2.15. The Balaban J connectivity index is 0. The van der Waals surface area contributed by atoms with E-state index in [2.05, 4.69) is 11.1 Å². The minimum absolute atomic E-state index is 0.179. The second-order valence-electron chi connectivity index (χ2n) is 4.88. The number of hydrogen-bond acceptors (Lipinski definition) is 4. The van der Waals surface area contributed by atoms with Gasteiger partial charge in [0.1, 0.15) is 13.2 Å². The third-order valence-electron chi connectivity index (χ3n) is 1.73. The number of phosphoric acid groups is 1. The maximum Gasteiger partial charge on any atom is 0.472 e. The number of amides is 1. The van der Waals surface area contributed by atoms with Crippen LogP contribution in [0.15, 0.2) is 12.2 Å². The lowest BCUT2D eigenvalue weighted by Gasteiger charge is -2.23. The van der Waals surface area contributed by atoms with Gasteiger partial charge in [-0.15, -0.1) is 0 Å². The van der Waals surface area contributed by atoms with Crippen LogP contribution in [0.1, 0.15) is 13.8 Å². The van der Waals surface area contributed by atoms with Crippen molar-refractivity contribution in [2.45, 2.75) is 13.8 Å². The maximum atomic E-state index is 11.0. The van der Waals surface area contributed by atoms with Gasteiger partial charge < -0.3 is 15.1 Å². The van der Waals surface area contributed by atoms with E-state index in [9.17, 15) is 9.36 Å². The summed E-state index contributed by atoms with van der Waals surface area (Å²) < 4.78 is 20.9. The molecule has 7 nitrogen and oxygen atoms in total. The van der Waals surface area contributed by atoms with E-state index in [-0.39, 0.29) is 13.2 Å². The Kier molecular flexibility index (Phi) is 10.0. The highest BCUT2D eigenvalue weighted by atomic mass is 31.2. The van der Waals surface area contributed by atoms with Crippen LogP contribution in [0.4, 0.5) is 0 Å². The average molecular weight is 297 g/mol. The van der Waals surface area contributed by atoms with Gasteiger partial charge in [0.05, 0.1) is 27.7 Å². The van der Waals surface area contributed by atoms with Crippen molar-refractivity contribution in [3.63, 3.8) is 0 Å². The molecular weight excluding hydrogens is 271 g/mol. The molecule has 0 radical (unpaired) electrons. The molecule has 0 aromatic heterocycles. The molecule has 19 heavy (non-hydrogen) atoms. The predicted molar refractivity (Wildman–Crippen MR) is 74.3 cm³/mol. The van der Waals surface area contributed by atoms with Gasteiger partial charge in [0.25, 0.3) is 0 Å². The van der Waals surface area contributed by atoms with Crippen molar-refractivity contribution >= 4 is 13.7 Å². The smallest absolute Gasteiger partial charge is 0.366 e. The molecule has 0 saturated heterocycles. The van der Waals surface area contributed by atoms with Crippen LogP contribution in [0.5, 0.6) is 0 Å². The highest BCUT2D eigenvalue weighted by Gasteiger charge is 2.21. The lowest BCUT2D eigenvalue weighted by Crippen LogP contribution is -2.37. The first kappa shape index (κ1) is 20.6. The van der Waals surface area contributed by atoms with Crippen molar-refractivity contribution in [2.24, 2.45) is 5.73 Å². The van der Waals surface area contributed by atoms with E-state index in [0.29, 0.717) is 16.6 Å². The topological polar surface area (TPSA) is 98.9 Å². The van der Waals surface area contributed by atoms with Crippen molar-refractivity contribution in [1.29, 1.82) is 0 Å². The average Bonchev–Trinajstić information content (AvgIpc) is 2.15. The summed E-state index contributed by atoms with van der Waals surface area (Å²) in [5.41, 5.74) is 5.09. The Morgan fingerprint density at radius 2 is 1.79 bits per heavy atom. The van der Waals surface area contributed by atoms with E-state index in [1.165, 1.54) is 0 Å². The molecule has 0 aliphatic rings. The van der Waals surface area contributed by atoms with Crippen molar-refractivity contribution in [3.05, 3.63) is 12.2 Å². The number of likely N-dealkylation sites (N-methyl/N-ethyl adjacent to an activating group) is 1. The minimum Gasteiger partial charge on any atom is -0.366 e. The van der Waals surface area contributed by atoms with Crippen LogP contribution in [0.25, 0.3) is 0 Å². The van der Waals surface area contributed by atoms with Crippen LogP contribution in [0.2, 0.25) is 0 Å². The van der Waals surface area contributed by atoms with Crippen LogP contribution >= 0.6 is 7.82 Å². The fourth-order valence-electron chi connectivity index (χ4n) is 0.630. The summed E-state index contributed by atoms with van der Waals surface area (Å²) in [4.78, 5) is 18.8. The zero-order valence-electron chi connectivity index (χ0n) is 12.4. The molecule has 0 fully saturated rings. The number of primary amides is 1. The van der Waals surface area contributed by atoms with Gasteiger partial charge in [-0.05, 0) is 13.8 Å². The monoisotopic (exact) mass is 297 g/mol. The van der Waals surface area contributed by atoms with Crippen molar-refractivity contribution in [3.8, 4) is 0 Å². The SMILES string of the molecule is C=C(C)C(N)=O.CCOP(=O)(O)OCC[N+](C)(C)C. The fraction of sp³-hybridized carbons (Fsp3) is 0.727. The van der Waals surface area contributed by atoms with E-state index in [1.54, 1.807) is 13.8 Å². The second kappa shape index (κ2) is 9.23. The molecule has 1 amide bonds. The van der Waals surface area contributed by atoms with Gasteiger partial charge in [0, 0.05) is 5.57 Å². The van der Waals surface area contributed by atoms with Crippen LogP contribution in [0.3, 0.4) is 0 Å². The highest BCUT2D eigenvalue weighted by molar-refractivity contribution is 7.47. The van der Waals surface area contributed by atoms with Crippen molar-refractivity contribution in [2.75, 3.05) is 40.9 Å². The molecule has 1 atom stereocenters. The summed E-state index contributed by atoms with van der Waals surface area (Å²) in [6.07, 6.45) is 0. The van der Waals surface area contributed by atoms with Crippen LogP contribution < -0.4 is 5.73 Å². The van der Waals surface area contributed by atoms with E-state index >= 15 is 0 Å². The molecule has 1 unspecified atom stereocenters. The van der Waals surface area contributed by atoms with Gasteiger partial charge in [-0.2, -0.15) is 0 Å². The molecule has 0 aliphatic heterocycles. The quantitative estimate of drug-likeness (QED) is 0.413. The Hall–Kier alpha value is -0.720. The Morgan fingerprint density at radius 3 is 2.05 bits per heavy atom. The molecule has 8 heteroatoms. The standard InChI is InChI=1S/C7H18NO4P.C4H7NO/c1-5-11-13(9,10)12-7-6-8(2,3)4;1-3(2)4(5)6/h5-7H2,1-4H3;1H2,2H3,(H2,5,6)/p+1. The summed E-state index contributed by atoms with van der Waals surface area (Å²) in [5, 5.41) is 0. The lowest BCUT2D eigenvalue weighted by atomic mass is 10.3. The largest absolute Gasteiger partial charge is 0.472 e. The molecule has 0 bridgehead atoms. The minimum atomic E-state index is -3.79. The molecular formula is C11H26N2O5P+. The van der Waals surface area contributed by atoms with Gasteiger partial charge in [0.2, 0.25) is 5.91 Å². The molecule has 0 aliphatic carbocycles. The Bertz CT molecular complexity index is 326. The fourth-order valence-corrected chi connectivity index (χ4v) is 1.34. The zero-order valence-corrected chi connectivity index (χ0v) is 13.3. The van der Waals surface area contributed by atoms with Crippen molar-refractivity contribution in [1.82, 2.24) is 0 Å². The molecule has 0 rings (SSSR count). The number of nitrogens with zero attached hydrogens (tertiary/aromatic N) is 1. The summed E-state index contributed by atoms with van der Waals surface area (Å²) in [6, 6.07) is 0. The number of phosphoric ester groups is 1. The third kappa shape index (κ3) is 17.3. The molecule has 0 heterocycles. The number of rotatable bonds is 7. The zero-order chi connectivity index (χ0) is 15.7. The lowest BCUT2D eigenvalue weighted by molar-refractivity contribution is -0.870. The normalized spacial score (nSPS) is 14.0. The number of quaternary nitrogens is 1. The first-order valence-corrected chi connectivity index (χ1v) is 7.28. The highest BCUT2D eigenvalue weighted by Crippen LogP contribution is 2.42. The van der Waals surface area contributed by atoms with Gasteiger partial charge in [-0.3, -0.25) is 13.8 Å². The van der Waals surface area contributed by atoms with Gasteiger partial charge in [-0.25, -0.2) is 4.57 Å². The van der Waals surface area contributed by atoms with E-state index in [1.807, 2.05) is 21.1 Å². The molecule has 3 N–H and O–H groups in total. The molecule has 0 saturated carbocycles. The molecule has 114 valence electrons. The Labute approximate surface area is 115 Å². The Morgan fingerprint density at radius 1 is 1.37 bits per heavy atom. The summed E-state index contributed by atoms with van der Waals surface area (Å²) in [6.45, 7) is 7.56. The number of nitrogens with two attached hydrogens (primary N) is 1. The van der Waals surface area contributed by atoms with Gasteiger partial charge >= 0.3 is 7.82 Å². The first-order chi connectivity index (χ1) is 8.41.